The van der Waals surface area contributed by atoms with E-state index in [-0.39, 0.29) is 11.3 Å². The number of thiophene rings is 1. The second kappa shape index (κ2) is 5.08. The maximum atomic E-state index is 11.9. The van der Waals surface area contributed by atoms with E-state index in [0.29, 0.717) is 10.6 Å². The van der Waals surface area contributed by atoms with Crippen molar-refractivity contribution in [2.45, 2.75) is 39.0 Å². The van der Waals surface area contributed by atoms with Gasteiger partial charge in [0.05, 0.1) is 5.69 Å². The summed E-state index contributed by atoms with van der Waals surface area (Å²) in [5.74, 6) is -0.0238. The van der Waals surface area contributed by atoms with Crippen LogP contribution in [0, 0.1) is 5.41 Å². The number of hydrogen-bond acceptors (Lipinski definition) is 3. The van der Waals surface area contributed by atoms with Crippen LogP contribution in [0.25, 0.3) is 0 Å². The maximum Gasteiger partial charge on any atom is 0.263 e. The van der Waals surface area contributed by atoms with Gasteiger partial charge in [-0.25, -0.2) is 0 Å². The van der Waals surface area contributed by atoms with Gasteiger partial charge in [0.2, 0.25) is 0 Å². The molecule has 1 fully saturated rings. The van der Waals surface area contributed by atoms with E-state index in [1.807, 2.05) is 5.38 Å². The molecule has 4 heteroatoms. The molecule has 2 rings (SSSR count). The second-order valence-electron chi connectivity index (χ2n) is 5.26. The summed E-state index contributed by atoms with van der Waals surface area (Å²) >= 11 is 1.41. The van der Waals surface area contributed by atoms with Gasteiger partial charge in [0.15, 0.2) is 0 Å². The van der Waals surface area contributed by atoms with Crippen LogP contribution in [0.3, 0.4) is 0 Å². The fraction of sp³-hybridized carbons (Fsp3) is 0.615. The predicted molar refractivity (Wildman–Crippen MR) is 72.3 cm³/mol. The Morgan fingerprint density at radius 1 is 1.47 bits per heavy atom. The van der Waals surface area contributed by atoms with E-state index >= 15 is 0 Å². The highest BCUT2D eigenvalue weighted by Crippen LogP contribution is 2.35. The molecule has 1 aromatic heterocycles. The minimum absolute atomic E-state index is 0.0238. The van der Waals surface area contributed by atoms with E-state index in [4.69, 9.17) is 5.73 Å². The number of hydrogen-bond donors (Lipinski definition) is 2. The molecule has 0 aromatic carbocycles. The highest BCUT2D eigenvalue weighted by molar-refractivity contribution is 7.12. The molecule has 0 spiro atoms. The van der Waals surface area contributed by atoms with Gasteiger partial charge in [0.25, 0.3) is 5.91 Å². The van der Waals surface area contributed by atoms with Gasteiger partial charge in [-0.15, -0.1) is 11.3 Å². The van der Waals surface area contributed by atoms with E-state index in [1.54, 1.807) is 6.07 Å². The van der Waals surface area contributed by atoms with Gasteiger partial charge in [0, 0.05) is 6.54 Å². The van der Waals surface area contributed by atoms with Crippen molar-refractivity contribution in [2.24, 2.45) is 5.41 Å². The number of nitrogens with one attached hydrogen (secondary N) is 1. The first kappa shape index (κ1) is 12.4. The van der Waals surface area contributed by atoms with Crippen LogP contribution in [0.2, 0.25) is 0 Å². The summed E-state index contributed by atoms with van der Waals surface area (Å²) in [6.45, 7) is 3.04. The Hall–Kier alpha value is -1.03. The molecule has 17 heavy (non-hydrogen) atoms. The molecular formula is C13H20N2OS. The first-order chi connectivity index (χ1) is 8.11. The van der Waals surface area contributed by atoms with Crippen molar-refractivity contribution < 1.29 is 4.79 Å². The molecule has 1 amide bonds. The molecule has 0 aliphatic heterocycles. The maximum absolute atomic E-state index is 11.9. The molecule has 1 aliphatic rings. The summed E-state index contributed by atoms with van der Waals surface area (Å²) in [5, 5.41) is 4.88. The number of amides is 1. The van der Waals surface area contributed by atoms with Gasteiger partial charge in [0.1, 0.15) is 4.88 Å². The molecule has 0 radical (unpaired) electrons. The Labute approximate surface area is 106 Å². The van der Waals surface area contributed by atoms with E-state index < -0.39 is 0 Å². The molecule has 1 saturated carbocycles. The smallest absolute Gasteiger partial charge is 0.263 e. The van der Waals surface area contributed by atoms with E-state index in [2.05, 4.69) is 12.2 Å². The standard InChI is InChI=1S/C13H20N2OS/c1-13(6-3-2-4-7-13)9-15-12(16)11-10(14)5-8-17-11/h5,8H,2-4,6-7,9,14H2,1H3,(H,15,16). The van der Waals surface area contributed by atoms with Gasteiger partial charge < -0.3 is 11.1 Å². The average Bonchev–Trinajstić information content (AvgIpc) is 2.74. The SMILES string of the molecule is CC1(CNC(=O)c2sccc2N)CCCCC1. The van der Waals surface area contributed by atoms with Crippen LogP contribution in [0.1, 0.15) is 48.7 Å². The number of nitrogen functional groups attached to an aromatic ring is 1. The lowest BCUT2D eigenvalue weighted by Gasteiger charge is -2.33. The molecule has 3 N–H and O–H groups in total. The lowest BCUT2D eigenvalue weighted by atomic mass is 9.76. The second-order valence-corrected chi connectivity index (χ2v) is 6.18. The van der Waals surface area contributed by atoms with Crippen molar-refractivity contribution in [1.82, 2.24) is 5.32 Å². The minimum atomic E-state index is -0.0238. The Morgan fingerprint density at radius 3 is 2.76 bits per heavy atom. The van der Waals surface area contributed by atoms with Crippen LogP contribution in [-0.2, 0) is 0 Å². The minimum Gasteiger partial charge on any atom is -0.397 e. The third-order valence-electron chi connectivity index (χ3n) is 3.64. The molecule has 0 unspecified atom stereocenters. The number of anilines is 1. The van der Waals surface area contributed by atoms with Gasteiger partial charge in [-0.3, -0.25) is 4.79 Å². The Balaban J connectivity index is 1.90. The van der Waals surface area contributed by atoms with Crippen molar-refractivity contribution >= 4 is 22.9 Å². The fourth-order valence-corrected chi connectivity index (χ4v) is 3.19. The summed E-state index contributed by atoms with van der Waals surface area (Å²) in [5.41, 5.74) is 6.59. The quantitative estimate of drug-likeness (QED) is 0.868. The molecule has 0 bridgehead atoms. The molecule has 0 saturated heterocycles. The third kappa shape index (κ3) is 3.00. The zero-order valence-electron chi connectivity index (χ0n) is 10.3. The Bertz CT molecular complexity index is 394. The highest BCUT2D eigenvalue weighted by Gasteiger charge is 2.27. The topological polar surface area (TPSA) is 55.1 Å². The van der Waals surface area contributed by atoms with Crippen LogP contribution >= 0.6 is 11.3 Å². The van der Waals surface area contributed by atoms with Crippen molar-refractivity contribution in [1.29, 1.82) is 0 Å². The Kier molecular flexibility index (Phi) is 3.72. The highest BCUT2D eigenvalue weighted by atomic mass is 32.1. The van der Waals surface area contributed by atoms with Crippen LogP contribution < -0.4 is 11.1 Å². The molecule has 1 aliphatic carbocycles. The van der Waals surface area contributed by atoms with Gasteiger partial charge in [-0.2, -0.15) is 0 Å². The number of carbonyl (C=O) groups is 1. The number of rotatable bonds is 3. The van der Waals surface area contributed by atoms with Gasteiger partial charge >= 0.3 is 0 Å². The first-order valence-electron chi connectivity index (χ1n) is 6.22. The van der Waals surface area contributed by atoms with E-state index in [9.17, 15) is 4.79 Å². The summed E-state index contributed by atoms with van der Waals surface area (Å²) in [4.78, 5) is 12.6. The number of nitrogens with two attached hydrogens (primary N) is 1. The van der Waals surface area contributed by atoms with Gasteiger partial charge in [-0.1, -0.05) is 26.2 Å². The molecule has 94 valence electrons. The summed E-state index contributed by atoms with van der Waals surface area (Å²) < 4.78 is 0. The summed E-state index contributed by atoms with van der Waals surface area (Å²) in [6.07, 6.45) is 6.34. The van der Waals surface area contributed by atoms with Crippen molar-refractivity contribution in [2.75, 3.05) is 12.3 Å². The van der Waals surface area contributed by atoms with Gasteiger partial charge in [-0.05, 0) is 29.7 Å². The zero-order chi connectivity index (χ0) is 12.3. The van der Waals surface area contributed by atoms with Crippen molar-refractivity contribution in [3.05, 3.63) is 16.3 Å². The van der Waals surface area contributed by atoms with Crippen LogP contribution in [0.5, 0.6) is 0 Å². The van der Waals surface area contributed by atoms with E-state index in [0.717, 1.165) is 6.54 Å². The predicted octanol–water partition coefficient (Wildman–Crippen LogP) is 3.03. The number of carbonyl (C=O) groups excluding carboxylic acids is 1. The van der Waals surface area contributed by atoms with Crippen molar-refractivity contribution in [3.8, 4) is 0 Å². The van der Waals surface area contributed by atoms with Crippen LogP contribution in [0.15, 0.2) is 11.4 Å². The van der Waals surface area contributed by atoms with Crippen LogP contribution in [0.4, 0.5) is 5.69 Å². The lowest BCUT2D eigenvalue weighted by Crippen LogP contribution is -2.36. The fourth-order valence-electron chi connectivity index (χ4n) is 2.46. The van der Waals surface area contributed by atoms with Crippen LogP contribution in [-0.4, -0.2) is 12.5 Å². The molecule has 1 aromatic rings. The lowest BCUT2D eigenvalue weighted by molar-refractivity contribution is 0.0924. The molecule has 1 heterocycles. The first-order valence-corrected chi connectivity index (χ1v) is 7.10. The molecule has 0 atom stereocenters. The zero-order valence-corrected chi connectivity index (χ0v) is 11.1. The largest absolute Gasteiger partial charge is 0.397 e. The molecular weight excluding hydrogens is 232 g/mol. The normalized spacial score (nSPS) is 18.9. The van der Waals surface area contributed by atoms with Crippen molar-refractivity contribution in [3.63, 3.8) is 0 Å². The summed E-state index contributed by atoms with van der Waals surface area (Å²) in [6, 6.07) is 1.78. The van der Waals surface area contributed by atoms with E-state index in [1.165, 1.54) is 43.4 Å². The summed E-state index contributed by atoms with van der Waals surface area (Å²) in [7, 11) is 0. The average molecular weight is 252 g/mol. The molecule has 3 nitrogen and oxygen atoms in total. The third-order valence-corrected chi connectivity index (χ3v) is 4.57. The Morgan fingerprint density at radius 2 is 2.18 bits per heavy atom. The monoisotopic (exact) mass is 252 g/mol.